The van der Waals surface area contributed by atoms with Gasteiger partial charge in [0.15, 0.2) is 0 Å². The second-order valence-corrected chi connectivity index (χ2v) is 10.4. The van der Waals surface area contributed by atoms with E-state index in [4.69, 9.17) is 18.9 Å². The van der Waals surface area contributed by atoms with Gasteiger partial charge in [0, 0.05) is 17.8 Å². The van der Waals surface area contributed by atoms with Crippen LogP contribution in [0.5, 0.6) is 23.0 Å². The lowest BCUT2D eigenvalue weighted by Gasteiger charge is -2.13. The van der Waals surface area contributed by atoms with E-state index in [-0.39, 0.29) is 25.0 Å². The molecular formula is C37H32N2O6. The molecule has 0 saturated heterocycles. The standard InChI is InChI=1S/C37H32N2O6/c40-36-32-6-1-3-8-34(32)44-24-26-10-12-27(13-11-26)25-45-35-9-4-2-7-33(35)37(41)39-29-16-20-31(21-17-29)43-23-5-22-42-30-18-14-28(38-36)15-19-30/h1-4,6-21H,5,22-25H2,(H,38,40)(H,39,41). The lowest BCUT2D eigenvalue weighted by atomic mass is 10.1. The average molecular weight is 601 g/mol. The average Bonchev–Trinajstić information content (AvgIpc) is 3.08. The van der Waals surface area contributed by atoms with Gasteiger partial charge in [-0.15, -0.1) is 0 Å². The Morgan fingerprint density at radius 3 is 1.27 bits per heavy atom. The molecule has 0 unspecified atom stereocenters. The Bertz CT molecular complexity index is 1620. The van der Waals surface area contributed by atoms with Gasteiger partial charge in [-0.25, -0.2) is 0 Å². The minimum absolute atomic E-state index is 0.269. The molecule has 4 aliphatic heterocycles. The van der Waals surface area contributed by atoms with Crippen LogP contribution in [0.2, 0.25) is 0 Å². The third-order valence-electron chi connectivity index (χ3n) is 7.13. The first-order valence-electron chi connectivity index (χ1n) is 14.7. The van der Waals surface area contributed by atoms with E-state index in [1.807, 2.05) is 60.7 Å². The van der Waals surface area contributed by atoms with E-state index in [0.29, 0.717) is 65.1 Å². The molecule has 0 fully saturated rings. The lowest BCUT2D eigenvalue weighted by Crippen LogP contribution is -2.13. The van der Waals surface area contributed by atoms with E-state index in [2.05, 4.69) is 10.6 Å². The van der Waals surface area contributed by atoms with Crippen LogP contribution in [0.25, 0.3) is 0 Å². The summed E-state index contributed by atoms with van der Waals surface area (Å²) in [6, 6.07) is 36.6. The van der Waals surface area contributed by atoms with Crippen molar-refractivity contribution in [3.8, 4) is 23.0 Å². The predicted octanol–water partition coefficient (Wildman–Crippen LogP) is 7.51. The van der Waals surface area contributed by atoms with E-state index < -0.39 is 0 Å². The normalized spacial score (nSPS) is 14.0. The highest BCUT2D eigenvalue weighted by Gasteiger charge is 2.15. The van der Waals surface area contributed by atoms with Crippen LogP contribution in [0.1, 0.15) is 38.3 Å². The van der Waals surface area contributed by atoms with Crippen LogP contribution in [0.15, 0.2) is 121 Å². The van der Waals surface area contributed by atoms with Crippen LogP contribution in [0.3, 0.4) is 0 Å². The van der Waals surface area contributed by atoms with Gasteiger partial charge >= 0.3 is 0 Å². The van der Waals surface area contributed by atoms with Crippen molar-refractivity contribution >= 4 is 23.2 Å². The summed E-state index contributed by atoms with van der Waals surface area (Å²) >= 11 is 0. The molecule has 45 heavy (non-hydrogen) atoms. The maximum atomic E-state index is 13.1. The second kappa shape index (κ2) is 14.1. The number of benzene rings is 5. The van der Waals surface area contributed by atoms with Crippen LogP contribution in [0.4, 0.5) is 11.4 Å². The summed E-state index contributed by atoms with van der Waals surface area (Å²) < 4.78 is 23.8. The number of para-hydroxylation sites is 2. The molecule has 4 aliphatic rings. The van der Waals surface area contributed by atoms with Gasteiger partial charge in [-0.05, 0) is 83.9 Å². The first-order valence-corrected chi connectivity index (χ1v) is 14.7. The van der Waals surface area contributed by atoms with Gasteiger partial charge in [-0.1, -0.05) is 48.5 Å². The fraction of sp³-hybridized carbons (Fsp3) is 0.135. The maximum Gasteiger partial charge on any atom is 0.259 e. The molecule has 8 heteroatoms. The minimum atomic E-state index is -0.269. The Kier molecular flexibility index (Phi) is 9.21. The van der Waals surface area contributed by atoms with Crippen LogP contribution < -0.4 is 29.6 Å². The first kappa shape index (κ1) is 29.3. The Labute approximate surface area is 261 Å². The number of anilines is 2. The van der Waals surface area contributed by atoms with Crippen LogP contribution in [-0.2, 0) is 13.2 Å². The molecule has 0 saturated carbocycles. The van der Waals surface area contributed by atoms with E-state index in [0.717, 1.165) is 11.1 Å². The van der Waals surface area contributed by atoms with Gasteiger partial charge in [-0.2, -0.15) is 0 Å². The number of hydrogen-bond donors (Lipinski definition) is 2. The number of carbonyl (C=O) groups excluding carboxylic acids is 2. The number of carbonyl (C=O) groups is 2. The van der Waals surface area contributed by atoms with Gasteiger partial charge < -0.3 is 29.6 Å². The quantitative estimate of drug-likeness (QED) is 0.191. The zero-order valence-corrected chi connectivity index (χ0v) is 24.5. The van der Waals surface area contributed by atoms with Gasteiger partial charge in [0.2, 0.25) is 0 Å². The highest BCUT2D eigenvalue weighted by Crippen LogP contribution is 2.25. The number of ether oxygens (including phenoxy) is 4. The maximum absolute atomic E-state index is 13.1. The summed E-state index contributed by atoms with van der Waals surface area (Å²) in [5.74, 6) is 1.82. The summed E-state index contributed by atoms with van der Waals surface area (Å²) in [6.07, 6.45) is 0.674. The van der Waals surface area contributed by atoms with E-state index >= 15 is 0 Å². The zero-order chi connectivity index (χ0) is 30.8. The van der Waals surface area contributed by atoms with Gasteiger partial charge in [0.25, 0.3) is 11.8 Å². The fourth-order valence-electron chi connectivity index (χ4n) is 4.72. The molecule has 5 aromatic carbocycles. The predicted molar refractivity (Wildman–Crippen MR) is 172 cm³/mol. The monoisotopic (exact) mass is 600 g/mol. The molecule has 4 heterocycles. The molecule has 9 rings (SSSR count). The zero-order valence-electron chi connectivity index (χ0n) is 24.5. The third kappa shape index (κ3) is 7.80. The molecule has 0 atom stereocenters. The second-order valence-electron chi connectivity index (χ2n) is 10.4. The fourth-order valence-corrected chi connectivity index (χ4v) is 4.72. The molecule has 0 aromatic heterocycles. The Hall–Kier alpha value is -5.76. The Morgan fingerprint density at radius 2 is 0.844 bits per heavy atom. The number of fused-ring (bicyclic) bond motifs is 3. The molecule has 2 N–H and O–H groups in total. The van der Waals surface area contributed by atoms with Gasteiger partial charge in [-0.3, -0.25) is 9.59 Å². The lowest BCUT2D eigenvalue weighted by molar-refractivity contribution is 0.101. The summed E-state index contributed by atoms with van der Waals surface area (Å²) in [5, 5.41) is 5.87. The molecule has 0 spiro atoms. The summed E-state index contributed by atoms with van der Waals surface area (Å²) in [7, 11) is 0. The van der Waals surface area contributed by atoms with Crippen molar-refractivity contribution in [3.63, 3.8) is 0 Å². The van der Waals surface area contributed by atoms with Crippen molar-refractivity contribution in [2.75, 3.05) is 23.8 Å². The summed E-state index contributed by atoms with van der Waals surface area (Å²) in [5.41, 5.74) is 4.03. The smallest absolute Gasteiger partial charge is 0.259 e. The number of nitrogens with one attached hydrogen (secondary N) is 2. The van der Waals surface area contributed by atoms with Crippen LogP contribution in [-0.4, -0.2) is 25.0 Å². The number of rotatable bonds is 0. The van der Waals surface area contributed by atoms with Crippen molar-refractivity contribution in [2.24, 2.45) is 0 Å². The molecule has 5 aromatic rings. The molecular weight excluding hydrogens is 568 g/mol. The van der Waals surface area contributed by atoms with E-state index in [1.165, 1.54) is 0 Å². The number of hydrogen-bond acceptors (Lipinski definition) is 6. The third-order valence-corrected chi connectivity index (χ3v) is 7.13. The van der Waals surface area contributed by atoms with Crippen molar-refractivity contribution in [1.82, 2.24) is 0 Å². The highest BCUT2D eigenvalue weighted by atomic mass is 16.5. The first-order chi connectivity index (χ1) is 22.1. The highest BCUT2D eigenvalue weighted by molar-refractivity contribution is 6.06. The van der Waals surface area contributed by atoms with Gasteiger partial charge in [0.05, 0.1) is 24.3 Å². The Balaban J connectivity index is 1.20. The Morgan fingerprint density at radius 1 is 0.444 bits per heavy atom. The molecule has 6 bridgehead atoms. The van der Waals surface area contributed by atoms with Crippen LogP contribution >= 0.6 is 0 Å². The van der Waals surface area contributed by atoms with Crippen molar-refractivity contribution in [1.29, 1.82) is 0 Å². The molecule has 8 nitrogen and oxygen atoms in total. The summed E-state index contributed by atoms with van der Waals surface area (Å²) in [6.45, 7) is 1.50. The molecule has 226 valence electrons. The largest absolute Gasteiger partial charge is 0.493 e. The van der Waals surface area contributed by atoms with Crippen molar-refractivity contribution in [2.45, 2.75) is 19.6 Å². The molecule has 0 aliphatic carbocycles. The minimum Gasteiger partial charge on any atom is -0.493 e. The topological polar surface area (TPSA) is 95.1 Å². The molecule has 0 radical (unpaired) electrons. The van der Waals surface area contributed by atoms with Crippen LogP contribution in [0, 0.1) is 0 Å². The molecule has 2 amide bonds. The van der Waals surface area contributed by atoms with Gasteiger partial charge in [0.1, 0.15) is 36.2 Å². The summed E-state index contributed by atoms with van der Waals surface area (Å²) in [4.78, 5) is 26.2. The van der Waals surface area contributed by atoms with E-state index in [9.17, 15) is 9.59 Å². The van der Waals surface area contributed by atoms with Crippen molar-refractivity contribution < 1.29 is 28.5 Å². The number of amides is 2. The SMILES string of the molecule is O=C1Nc2ccc(cc2)OCCCOc2ccc(cc2)NC(=O)c2ccccc2OCc2ccc(cc2)COc2ccccc21. The van der Waals surface area contributed by atoms with Crippen molar-refractivity contribution in [3.05, 3.63) is 144 Å². The van der Waals surface area contributed by atoms with E-state index in [1.54, 1.807) is 60.7 Å².